The molecule has 2 rings (SSSR count). The highest BCUT2D eigenvalue weighted by molar-refractivity contribution is 5.79. The van der Waals surface area contributed by atoms with Gasteiger partial charge in [-0.25, -0.2) is 4.98 Å². The molecule has 1 aromatic carbocycles. The molecule has 16 heavy (non-hydrogen) atoms. The molecule has 1 aromatic heterocycles. The molecule has 86 valence electrons. The number of hydrogen-bond acceptors (Lipinski definition) is 2. The molecule has 0 spiro atoms. The Labute approximate surface area is 96.5 Å². The van der Waals surface area contributed by atoms with Crippen molar-refractivity contribution >= 4 is 11.0 Å². The van der Waals surface area contributed by atoms with E-state index in [4.69, 9.17) is 0 Å². The molecule has 3 heteroatoms. The zero-order valence-electron chi connectivity index (χ0n) is 10.2. The summed E-state index contributed by atoms with van der Waals surface area (Å²) in [5, 5.41) is 3.33. The number of likely N-dealkylation sites (N-methyl/N-ethyl adjacent to an activating group) is 1. The Kier molecular flexibility index (Phi) is 3.25. The van der Waals surface area contributed by atoms with Gasteiger partial charge in [-0.05, 0) is 25.1 Å². The summed E-state index contributed by atoms with van der Waals surface area (Å²) in [5.74, 6) is 1.16. The van der Waals surface area contributed by atoms with Gasteiger partial charge in [0.15, 0.2) is 0 Å². The van der Waals surface area contributed by atoms with Crippen LogP contribution in [0.5, 0.6) is 0 Å². The molecule has 0 saturated carbocycles. The van der Waals surface area contributed by atoms with Crippen LogP contribution in [0.4, 0.5) is 0 Å². The lowest BCUT2D eigenvalue weighted by molar-refractivity contribution is 0.680. The number of hydrogen-bond donors (Lipinski definition) is 1. The van der Waals surface area contributed by atoms with E-state index in [1.807, 2.05) is 0 Å². The van der Waals surface area contributed by atoms with Gasteiger partial charge in [0.25, 0.3) is 0 Å². The summed E-state index contributed by atoms with van der Waals surface area (Å²) in [6.07, 6.45) is 0.985. The van der Waals surface area contributed by atoms with Crippen molar-refractivity contribution in [3.63, 3.8) is 0 Å². The molecule has 1 N–H and O–H groups in total. The number of fused-ring (bicyclic) bond motifs is 1. The minimum atomic E-state index is 0.985. The highest BCUT2D eigenvalue weighted by Crippen LogP contribution is 2.18. The maximum Gasteiger partial charge on any atom is 0.110 e. The quantitative estimate of drug-likeness (QED) is 0.794. The molecule has 0 radical (unpaired) electrons. The number of aromatic nitrogens is 2. The summed E-state index contributed by atoms with van der Waals surface area (Å²) in [4.78, 5) is 4.67. The van der Waals surface area contributed by atoms with E-state index in [1.165, 1.54) is 11.1 Å². The Balaban J connectivity index is 2.33. The van der Waals surface area contributed by atoms with Gasteiger partial charge in [-0.3, -0.25) is 0 Å². The molecule has 3 nitrogen and oxygen atoms in total. The fraction of sp³-hybridized carbons (Fsp3) is 0.462. The molecule has 0 fully saturated rings. The van der Waals surface area contributed by atoms with E-state index in [2.05, 4.69) is 54.0 Å². The smallest absolute Gasteiger partial charge is 0.110 e. The van der Waals surface area contributed by atoms with Crippen molar-refractivity contribution in [1.82, 2.24) is 14.9 Å². The lowest BCUT2D eigenvalue weighted by atomic mass is 10.2. The Morgan fingerprint density at radius 2 is 2.19 bits per heavy atom. The van der Waals surface area contributed by atoms with E-state index >= 15 is 0 Å². The molecule has 0 aliphatic rings. The van der Waals surface area contributed by atoms with Gasteiger partial charge in [0.2, 0.25) is 0 Å². The van der Waals surface area contributed by atoms with Crippen LogP contribution in [0.1, 0.15) is 18.3 Å². The van der Waals surface area contributed by atoms with Crippen LogP contribution in [0.3, 0.4) is 0 Å². The summed E-state index contributed by atoms with van der Waals surface area (Å²) in [6, 6.07) is 6.29. The van der Waals surface area contributed by atoms with E-state index in [0.29, 0.717) is 0 Å². The molecule has 0 saturated heterocycles. The summed E-state index contributed by atoms with van der Waals surface area (Å²) < 4.78 is 2.21. The van der Waals surface area contributed by atoms with Crippen LogP contribution in [0.15, 0.2) is 18.2 Å². The van der Waals surface area contributed by atoms with Gasteiger partial charge in [0.05, 0.1) is 11.0 Å². The van der Waals surface area contributed by atoms with E-state index in [-0.39, 0.29) is 0 Å². The number of imidazole rings is 1. The summed E-state index contributed by atoms with van der Waals surface area (Å²) in [6.45, 7) is 6.27. The van der Waals surface area contributed by atoms with Crippen molar-refractivity contribution in [1.29, 1.82) is 0 Å². The minimum Gasteiger partial charge on any atom is -0.331 e. The van der Waals surface area contributed by atoms with Crippen molar-refractivity contribution in [2.24, 2.45) is 7.05 Å². The Morgan fingerprint density at radius 3 is 2.88 bits per heavy atom. The van der Waals surface area contributed by atoms with E-state index in [0.717, 1.165) is 30.9 Å². The molecular weight excluding hydrogens is 198 g/mol. The first-order valence-electron chi connectivity index (χ1n) is 5.85. The third kappa shape index (κ3) is 1.95. The van der Waals surface area contributed by atoms with Gasteiger partial charge < -0.3 is 9.88 Å². The number of para-hydroxylation sites is 1. The van der Waals surface area contributed by atoms with E-state index < -0.39 is 0 Å². The summed E-state index contributed by atoms with van der Waals surface area (Å²) >= 11 is 0. The lowest BCUT2D eigenvalue weighted by Gasteiger charge is -2.04. The highest BCUT2D eigenvalue weighted by atomic mass is 15.1. The Bertz CT molecular complexity index is 485. The molecule has 0 atom stereocenters. The number of aryl methyl sites for hydroxylation is 2. The van der Waals surface area contributed by atoms with Gasteiger partial charge in [-0.2, -0.15) is 0 Å². The van der Waals surface area contributed by atoms with Crippen LogP contribution >= 0.6 is 0 Å². The normalized spacial score (nSPS) is 11.2. The first-order chi connectivity index (χ1) is 7.74. The van der Waals surface area contributed by atoms with Crippen LogP contribution in [-0.4, -0.2) is 22.6 Å². The fourth-order valence-electron chi connectivity index (χ4n) is 2.11. The standard InChI is InChI=1S/C13H19N3/c1-4-14-9-8-12-15-11-7-5-6-10(2)13(11)16(12)3/h5-7,14H,4,8-9H2,1-3H3. The highest BCUT2D eigenvalue weighted by Gasteiger charge is 2.08. The summed E-state index contributed by atoms with van der Waals surface area (Å²) in [7, 11) is 2.10. The maximum atomic E-state index is 4.67. The molecule has 0 aliphatic heterocycles. The molecule has 0 bridgehead atoms. The van der Waals surface area contributed by atoms with Crippen molar-refractivity contribution < 1.29 is 0 Å². The van der Waals surface area contributed by atoms with Crippen LogP contribution < -0.4 is 5.32 Å². The molecule has 0 unspecified atom stereocenters. The second-order valence-electron chi connectivity index (χ2n) is 4.13. The SMILES string of the molecule is CCNCCc1nc2cccc(C)c2n1C. The predicted octanol–water partition coefficient (Wildman–Crippen LogP) is 2.03. The lowest BCUT2D eigenvalue weighted by Crippen LogP contribution is -2.17. The number of benzene rings is 1. The number of nitrogens with one attached hydrogen (secondary N) is 1. The Morgan fingerprint density at radius 1 is 1.38 bits per heavy atom. The average Bonchev–Trinajstić information content (AvgIpc) is 2.58. The molecule has 1 heterocycles. The second kappa shape index (κ2) is 4.66. The topological polar surface area (TPSA) is 29.9 Å². The zero-order chi connectivity index (χ0) is 11.5. The van der Waals surface area contributed by atoms with Crippen LogP contribution in [-0.2, 0) is 13.5 Å². The average molecular weight is 217 g/mol. The van der Waals surface area contributed by atoms with Crippen molar-refractivity contribution in [2.75, 3.05) is 13.1 Å². The predicted molar refractivity (Wildman–Crippen MR) is 67.7 cm³/mol. The monoisotopic (exact) mass is 217 g/mol. The zero-order valence-corrected chi connectivity index (χ0v) is 10.2. The van der Waals surface area contributed by atoms with Gasteiger partial charge in [0.1, 0.15) is 5.82 Å². The molecule has 0 amide bonds. The maximum absolute atomic E-state index is 4.67. The van der Waals surface area contributed by atoms with Gasteiger partial charge in [-0.1, -0.05) is 19.1 Å². The molecular formula is C13H19N3. The van der Waals surface area contributed by atoms with Crippen molar-refractivity contribution in [3.05, 3.63) is 29.6 Å². The van der Waals surface area contributed by atoms with Crippen LogP contribution in [0.2, 0.25) is 0 Å². The van der Waals surface area contributed by atoms with Gasteiger partial charge in [-0.15, -0.1) is 0 Å². The summed E-state index contributed by atoms with van der Waals surface area (Å²) in [5.41, 5.74) is 3.66. The molecule has 2 aromatic rings. The largest absolute Gasteiger partial charge is 0.331 e. The number of nitrogens with zero attached hydrogens (tertiary/aromatic N) is 2. The van der Waals surface area contributed by atoms with Crippen molar-refractivity contribution in [2.45, 2.75) is 20.3 Å². The van der Waals surface area contributed by atoms with Crippen molar-refractivity contribution in [3.8, 4) is 0 Å². The minimum absolute atomic E-state index is 0.985. The number of rotatable bonds is 4. The Hall–Kier alpha value is -1.35. The van der Waals surface area contributed by atoms with Crippen LogP contribution in [0.25, 0.3) is 11.0 Å². The third-order valence-corrected chi connectivity index (χ3v) is 2.96. The third-order valence-electron chi connectivity index (χ3n) is 2.96. The van der Waals surface area contributed by atoms with Crippen LogP contribution in [0, 0.1) is 6.92 Å². The molecule has 0 aliphatic carbocycles. The van der Waals surface area contributed by atoms with E-state index in [1.54, 1.807) is 0 Å². The first kappa shape index (κ1) is 11.1. The van der Waals surface area contributed by atoms with E-state index in [9.17, 15) is 0 Å². The second-order valence-corrected chi connectivity index (χ2v) is 4.13. The fourth-order valence-corrected chi connectivity index (χ4v) is 2.11. The van der Waals surface area contributed by atoms with Gasteiger partial charge in [0, 0.05) is 20.0 Å². The first-order valence-corrected chi connectivity index (χ1v) is 5.85. The van der Waals surface area contributed by atoms with Gasteiger partial charge >= 0.3 is 0 Å².